The van der Waals surface area contributed by atoms with Gasteiger partial charge in [0.15, 0.2) is 11.6 Å². The van der Waals surface area contributed by atoms with E-state index in [2.05, 4.69) is 159 Å². The third-order valence-corrected chi connectivity index (χ3v) is 38.4. The first kappa shape index (κ1) is 86.6. The number of fused-ring (bicyclic) bond motifs is 20. The Balaban J connectivity index is 0.000000143. The lowest BCUT2D eigenvalue weighted by Crippen LogP contribution is -2.58. The van der Waals surface area contributed by atoms with Crippen LogP contribution in [0.2, 0.25) is 0 Å². The second-order valence-electron chi connectivity index (χ2n) is 41.2. The first-order valence-corrected chi connectivity index (χ1v) is 45.1. The van der Waals surface area contributed by atoms with Crippen LogP contribution in [0.1, 0.15) is 307 Å². The molecule has 612 valence electrons. The van der Waals surface area contributed by atoms with E-state index in [-0.39, 0.29) is 101 Å². The molecule has 0 aromatic rings. The van der Waals surface area contributed by atoms with Crippen LogP contribution < -0.4 is 0 Å². The van der Waals surface area contributed by atoms with Crippen molar-refractivity contribution in [2.45, 2.75) is 332 Å². The van der Waals surface area contributed by atoms with E-state index >= 15 is 0 Å². The zero-order valence-electron chi connectivity index (χ0n) is 73.3. The van der Waals surface area contributed by atoms with E-state index in [4.69, 9.17) is 0 Å². The summed E-state index contributed by atoms with van der Waals surface area (Å²) < 4.78 is 0. The Hall–Kier alpha value is -4.22. The average molecular weight is 1510 g/mol. The Bertz CT molecular complexity index is 3580. The molecule has 0 radical (unpaired) electrons. The fourth-order valence-electron chi connectivity index (χ4n) is 31.7. The minimum Gasteiger partial charge on any atom is -0.393 e. The van der Waals surface area contributed by atoms with E-state index in [9.17, 15) is 49.2 Å². The van der Waals surface area contributed by atoms with Gasteiger partial charge in [-0.1, -0.05) is 237 Å². The SMILES string of the molecule is CC.CC.CCC(=O)[C@@]1(C)[C@H](C)C[C@H]2[C@@H]3CCC4=CC(=O)C=C[C@]4(C)[C@H]3[C@@H](O)C[C@@]21C.CCC(=O)[C@@]1(C)[C@H](C)C[C@H]2[C@@H]3CCC4=CC(=O)C=C[C@]4(C)[C@H]3[C@@H](O)C[C@@]21C.CCC(=O)[C@@]1(C)[C@H](C)C[C@H]2[C@@H]3CCC4=CCC=C[C@]4(C)[C@H]3[C@@H](O)C[C@@]21C.CCC(=O)[C@@]1(C)[C@H](C)C[C@H]2[C@@H]3CCC4=CCC=C[C@]4(C)[C@H]3[C@@H](O)C[C@@]21C. The number of rotatable bonds is 8. The Morgan fingerprint density at radius 2 is 0.573 bits per heavy atom. The number of aliphatic hydroxyl groups excluding tert-OH is 4. The normalized spacial score (nSPS) is 50.2. The van der Waals surface area contributed by atoms with E-state index in [0.29, 0.717) is 145 Å². The van der Waals surface area contributed by atoms with Crippen molar-refractivity contribution in [1.29, 1.82) is 0 Å². The summed E-state index contributed by atoms with van der Waals surface area (Å²) in [6, 6.07) is 0. The largest absolute Gasteiger partial charge is 0.393 e. The number of carbonyl (C=O) groups excluding carboxylic acids is 6. The Labute approximate surface area is 666 Å². The summed E-state index contributed by atoms with van der Waals surface area (Å²) in [5.74, 6) is 8.00. The average Bonchev–Trinajstić information content (AvgIpc) is 1.57. The summed E-state index contributed by atoms with van der Waals surface area (Å²) in [7, 11) is 0. The highest BCUT2D eigenvalue weighted by Gasteiger charge is 2.74. The van der Waals surface area contributed by atoms with Gasteiger partial charge in [-0.15, -0.1) is 0 Å². The zero-order chi connectivity index (χ0) is 81.4. The molecule has 0 aromatic carbocycles. The number of carbonyl (C=O) groups is 6. The van der Waals surface area contributed by atoms with Crippen molar-refractivity contribution in [3.05, 3.63) is 95.2 Å². The molecular weight excluding hydrogens is 1360 g/mol. The maximum atomic E-state index is 13.1. The molecule has 10 nitrogen and oxygen atoms in total. The monoisotopic (exact) mass is 1510 g/mol. The van der Waals surface area contributed by atoms with Gasteiger partial charge in [-0.3, -0.25) is 28.8 Å². The molecule has 12 saturated carbocycles. The van der Waals surface area contributed by atoms with Gasteiger partial charge >= 0.3 is 0 Å². The van der Waals surface area contributed by atoms with E-state index < -0.39 is 12.2 Å². The maximum Gasteiger partial charge on any atom is 0.178 e. The molecular formula is C100H152O10. The molecule has 110 heavy (non-hydrogen) atoms. The van der Waals surface area contributed by atoms with Crippen LogP contribution in [0.3, 0.4) is 0 Å². The van der Waals surface area contributed by atoms with Gasteiger partial charge in [0.05, 0.1) is 24.4 Å². The van der Waals surface area contributed by atoms with Gasteiger partial charge in [0, 0.05) is 92.7 Å². The molecule has 12 fully saturated rings. The number of Topliss-reactive ketones (excluding diaryl/α,β-unsaturated/α-hetero) is 4. The molecule has 0 saturated heterocycles. The lowest BCUT2D eigenvalue weighted by molar-refractivity contribution is -0.156. The molecule has 10 heteroatoms. The molecule has 0 bridgehead atoms. The van der Waals surface area contributed by atoms with Crippen molar-refractivity contribution < 1.29 is 49.2 Å². The predicted molar refractivity (Wildman–Crippen MR) is 446 cm³/mol. The van der Waals surface area contributed by atoms with Gasteiger partial charge in [0.1, 0.15) is 23.1 Å². The van der Waals surface area contributed by atoms with Crippen LogP contribution in [0.15, 0.2) is 95.2 Å². The van der Waals surface area contributed by atoms with E-state index in [1.165, 1.54) is 24.0 Å². The van der Waals surface area contributed by atoms with Crippen molar-refractivity contribution >= 4 is 34.7 Å². The number of allylic oxidation sites excluding steroid dienone is 16. The standard InChI is InChI=1S/2C24H34O3.2C24H36O2.2C2H6/c2*1-6-20(27)24(5)14(2)11-18-17-8-7-15-12-16(25)9-10-22(15,3)21(17)19(26)13-23(18,24)4;2*1-6-20(26)24(5)15(2)13-18-17-11-10-16-9-7-8-12-22(16,3)21(17)19(25)14-23(18,24)4;2*1-2/h2*9-10,12,14,17-19,21,26H,6-8,11,13H2,1-5H3;2*8-9,12,15,17-19,21,25H,6-7,10-11,13-14H2,1-5H3;2*1-2H3/t2*14-,17+,18+,19+,21-,22+,23+,24-;2*15-,17+,18+,19+,21-,22+,23+,24-;;/m1111../s1. The van der Waals surface area contributed by atoms with Crippen molar-refractivity contribution in [3.63, 3.8) is 0 Å². The number of ketones is 6. The molecule has 0 amide bonds. The van der Waals surface area contributed by atoms with Gasteiger partial charge in [0.2, 0.25) is 0 Å². The highest BCUT2D eigenvalue weighted by Crippen LogP contribution is 2.76. The Morgan fingerprint density at radius 1 is 0.355 bits per heavy atom. The molecule has 16 aliphatic carbocycles. The third-order valence-electron chi connectivity index (χ3n) is 38.4. The van der Waals surface area contributed by atoms with E-state index in [0.717, 1.165) is 89.9 Å². The summed E-state index contributed by atoms with van der Waals surface area (Å²) in [6.45, 7) is 52.1. The van der Waals surface area contributed by atoms with E-state index in [1.807, 2.05) is 55.4 Å². The zero-order valence-corrected chi connectivity index (χ0v) is 73.3. The first-order chi connectivity index (χ1) is 51.6. The van der Waals surface area contributed by atoms with Crippen LogP contribution in [-0.4, -0.2) is 79.5 Å². The fourth-order valence-corrected chi connectivity index (χ4v) is 31.7. The van der Waals surface area contributed by atoms with Gasteiger partial charge in [-0.2, -0.15) is 0 Å². The van der Waals surface area contributed by atoms with Crippen molar-refractivity contribution in [3.8, 4) is 0 Å². The summed E-state index contributed by atoms with van der Waals surface area (Å²) >= 11 is 0. The third kappa shape index (κ3) is 12.2. The highest BCUT2D eigenvalue weighted by atomic mass is 16.3. The Morgan fingerprint density at radius 3 is 0.800 bits per heavy atom. The molecule has 0 unspecified atom stereocenters. The molecule has 0 aliphatic heterocycles. The fraction of sp³-hybridized carbons (Fsp3) is 0.780. The number of hydrogen-bond donors (Lipinski definition) is 4. The van der Waals surface area contributed by atoms with Crippen molar-refractivity contribution in [2.75, 3.05) is 0 Å². The molecule has 0 heterocycles. The lowest BCUT2D eigenvalue weighted by Gasteiger charge is -2.60. The molecule has 0 spiro atoms. The van der Waals surface area contributed by atoms with Gasteiger partial charge < -0.3 is 20.4 Å². The highest BCUT2D eigenvalue weighted by molar-refractivity contribution is 6.02. The predicted octanol–water partition coefficient (Wildman–Crippen LogP) is 21.7. The van der Waals surface area contributed by atoms with Crippen molar-refractivity contribution in [1.82, 2.24) is 0 Å². The second kappa shape index (κ2) is 30.7. The van der Waals surface area contributed by atoms with Crippen molar-refractivity contribution in [2.24, 2.45) is 160 Å². The lowest BCUT2D eigenvalue weighted by atomic mass is 9.44. The van der Waals surface area contributed by atoms with Crippen LogP contribution in [-0.2, 0) is 28.8 Å². The van der Waals surface area contributed by atoms with Crippen LogP contribution in [0, 0.1) is 160 Å². The van der Waals surface area contributed by atoms with Crippen LogP contribution in [0.25, 0.3) is 0 Å². The van der Waals surface area contributed by atoms with Gasteiger partial charge in [0.25, 0.3) is 0 Å². The Kier molecular flexibility index (Phi) is 24.2. The molecule has 4 N–H and O–H groups in total. The van der Waals surface area contributed by atoms with Gasteiger partial charge in [-0.25, -0.2) is 0 Å². The molecule has 16 rings (SSSR count). The molecule has 16 aliphatic rings. The van der Waals surface area contributed by atoms with Crippen LogP contribution in [0.4, 0.5) is 0 Å². The number of hydrogen-bond acceptors (Lipinski definition) is 10. The summed E-state index contributed by atoms with van der Waals surface area (Å²) in [4.78, 5) is 76.1. The minimum atomic E-state index is -0.433. The summed E-state index contributed by atoms with van der Waals surface area (Å²) in [6.07, 6.45) is 44.2. The smallest absolute Gasteiger partial charge is 0.178 e. The van der Waals surface area contributed by atoms with Crippen LogP contribution in [0.5, 0.6) is 0 Å². The van der Waals surface area contributed by atoms with E-state index in [1.54, 1.807) is 35.5 Å². The van der Waals surface area contributed by atoms with Gasteiger partial charge in [-0.05, 0) is 233 Å². The number of aliphatic hydroxyl groups is 4. The quantitative estimate of drug-likeness (QED) is 0.171. The summed E-state index contributed by atoms with van der Waals surface area (Å²) in [5.41, 5.74) is 3.31. The van der Waals surface area contributed by atoms with Crippen LogP contribution >= 0.6 is 0 Å². The maximum absolute atomic E-state index is 13.1. The topological polar surface area (TPSA) is 183 Å². The minimum absolute atomic E-state index is 0.0128. The molecule has 0 aromatic heterocycles. The molecule has 32 atom stereocenters. The first-order valence-electron chi connectivity index (χ1n) is 45.1. The summed E-state index contributed by atoms with van der Waals surface area (Å²) in [5, 5.41) is 45.6. The second-order valence-corrected chi connectivity index (χ2v) is 41.2.